The van der Waals surface area contributed by atoms with E-state index in [-0.39, 0.29) is 12.5 Å². The van der Waals surface area contributed by atoms with Crippen LogP contribution in [0.3, 0.4) is 0 Å². The van der Waals surface area contributed by atoms with Crippen LogP contribution in [0.5, 0.6) is 0 Å². The maximum absolute atomic E-state index is 12.8. The number of likely N-dealkylation sites (N-methyl/N-ethyl adjacent to an activating group) is 1. The third kappa shape index (κ3) is 3.36. The minimum atomic E-state index is -0.481. The van der Waals surface area contributed by atoms with Gasteiger partial charge in [-0.05, 0) is 47.6 Å². The van der Waals surface area contributed by atoms with E-state index < -0.39 is 5.97 Å². The van der Waals surface area contributed by atoms with E-state index in [2.05, 4.69) is 17.5 Å². The van der Waals surface area contributed by atoms with E-state index in [1.807, 2.05) is 35.7 Å². The van der Waals surface area contributed by atoms with Gasteiger partial charge in [0, 0.05) is 17.3 Å². The van der Waals surface area contributed by atoms with E-state index in [1.165, 1.54) is 7.05 Å². The highest BCUT2D eigenvalue weighted by atomic mass is 32.1. The predicted octanol–water partition coefficient (Wildman–Crippen LogP) is 3.69. The molecule has 1 aliphatic rings. The molecule has 0 saturated carbocycles. The minimum absolute atomic E-state index is 0.293. The van der Waals surface area contributed by atoms with Crippen LogP contribution in [-0.2, 0) is 16.0 Å². The summed E-state index contributed by atoms with van der Waals surface area (Å²) in [6, 6.07) is 11.6. The SMILES string of the molecule is CNC(=O)COC(=O)c1c2c(nc3ccccc13)/C(=C/c1cccs1)CC2. The van der Waals surface area contributed by atoms with Gasteiger partial charge in [0.2, 0.25) is 0 Å². The summed E-state index contributed by atoms with van der Waals surface area (Å²) < 4.78 is 5.26. The lowest BCUT2D eigenvalue weighted by molar-refractivity contribution is -0.123. The zero-order chi connectivity index (χ0) is 18.8. The van der Waals surface area contributed by atoms with E-state index in [0.717, 1.165) is 45.5 Å². The van der Waals surface area contributed by atoms with Crippen LogP contribution in [0.15, 0.2) is 41.8 Å². The van der Waals surface area contributed by atoms with Crippen LogP contribution in [0.2, 0.25) is 0 Å². The van der Waals surface area contributed by atoms with E-state index in [1.54, 1.807) is 11.3 Å². The van der Waals surface area contributed by atoms with Crippen LogP contribution >= 0.6 is 11.3 Å². The molecule has 4 rings (SSSR count). The highest BCUT2D eigenvalue weighted by Crippen LogP contribution is 2.38. The molecule has 0 spiro atoms. The first kappa shape index (κ1) is 17.4. The molecule has 0 fully saturated rings. The number of thiophene rings is 1. The average molecular weight is 378 g/mol. The Labute approximate surface area is 160 Å². The molecule has 27 heavy (non-hydrogen) atoms. The number of nitrogens with one attached hydrogen (secondary N) is 1. The van der Waals surface area contributed by atoms with Gasteiger partial charge in [0.05, 0.1) is 16.8 Å². The molecule has 1 N–H and O–H groups in total. The van der Waals surface area contributed by atoms with E-state index in [4.69, 9.17) is 9.72 Å². The third-order valence-corrected chi connectivity index (χ3v) is 5.44. The van der Waals surface area contributed by atoms with Crippen molar-refractivity contribution >= 4 is 45.8 Å². The summed E-state index contributed by atoms with van der Waals surface area (Å²) >= 11 is 1.67. The molecular formula is C21H18N2O3S. The maximum atomic E-state index is 12.8. The van der Waals surface area contributed by atoms with Gasteiger partial charge in [0.25, 0.3) is 5.91 Å². The lowest BCUT2D eigenvalue weighted by Gasteiger charge is -2.12. The van der Waals surface area contributed by atoms with Gasteiger partial charge in [-0.1, -0.05) is 24.3 Å². The number of pyridine rings is 1. The summed E-state index contributed by atoms with van der Waals surface area (Å²) in [4.78, 5) is 30.3. The Hall–Kier alpha value is -2.99. The summed E-state index contributed by atoms with van der Waals surface area (Å²) in [6.45, 7) is -0.293. The minimum Gasteiger partial charge on any atom is -0.452 e. The number of esters is 1. The number of rotatable bonds is 4. The lowest BCUT2D eigenvalue weighted by Crippen LogP contribution is -2.25. The Bertz CT molecular complexity index is 1050. The maximum Gasteiger partial charge on any atom is 0.339 e. The summed E-state index contributed by atoms with van der Waals surface area (Å²) in [5.74, 6) is -0.817. The van der Waals surface area contributed by atoms with E-state index in [9.17, 15) is 9.59 Å². The first-order chi connectivity index (χ1) is 13.2. The molecule has 2 heterocycles. The van der Waals surface area contributed by atoms with Crippen molar-refractivity contribution in [1.82, 2.24) is 10.3 Å². The van der Waals surface area contributed by atoms with Gasteiger partial charge in [0.1, 0.15) is 0 Å². The fourth-order valence-corrected chi connectivity index (χ4v) is 4.01. The first-order valence-electron chi connectivity index (χ1n) is 8.71. The van der Waals surface area contributed by atoms with Crippen molar-refractivity contribution in [3.8, 4) is 0 Å². The van der Waals surface area contributed by atoms with Gasteiger partial charge in [-0.25, -0.2) is 9.78 Å². The van der Waals surface area contributed by atoms with Crippen molar-refractivity contribution in [2.24, 2.45) is 0 Å². The second-order valence-corrected chi connectivity index (χ2v) is 7.24. The van der Waals surface area contributed by atoms with Crippen molar-refractivity contribution in [1.29, 1.82) is 0 Å². The van der Waals surface area contributed by atoms with Crippen molar-refractivity contribution in [3.05, 3.63) is 63.5 Å². The number of allylic oxidation sites excluding steroid dienone is 1. The van der Waals surface area contributed by atoms with Gasteiger partial charge in [-0.15, -0.1) is 11.3 Å². The number of nitrogens with zero attached hydrogens (tertiary/aromatic N) is 1. The number of ether oxygens (including phenoxy) is 1. The molecule has 6 heteroatoms. The molecule has 0 aliphatic heterocycles. The van der Waals surface area contributed by atoms with Crippen molar-refractivity contribution in [2.45, 2.75) is 12.8 Å². The second kappa shape index (κ2) is 7.32. The Balaban J connectivity index is 1.81. The number of hydrogen-bond acceptors (Lipinski definition) is 5. The molecule has 0 atom stereocenters. The Kier molecular flexibility index (Phi) is 4.73. The molecule has 2 aromatic heterocycles. The summed E-state index contributed by atoms with van der Waals surface area (Å²) in [5.41, 5.74) is 4.15. The molecule has 1 aliphatic carbocycles. The number of amides is 1. The molecule has 0 saturated heterocycles. The van der Waals surface area contributed by atoms with Gasteiger partial charge in [0.15, 0.2) is 6.61 Å². The van der Waals surface area contributed by atoms with Gasteiger partial charge >= 0.3 is 5.97 Å². The molecule has 1 aromatic carbocycles. The molecule has 1 amide bonds. The summed E-state index contributed by atoms with van der Waals surface area (Å²) in [6.07, 6.45) is 3.69. The molecule has 0 unspecified atom stereocenters. The van der Waals surface area contributed by atoms with Gasteiger partial charge in [-0.2, -0.15) is 0 Å². The number of carbonyl (C=O) groups excluding carboxylic acids is 2. The molecular weight excluding hydrogens is 360 g/mol. The topological polar surface area (TPSA) is 68.3 Å². The normalized spacial score (nSPS) is 14.3. The smallest absolute Gasteiger partial charge is 0.339 e. The van der Waals surface area contributed by atoms with Crippen molar-refractivity contribution < 1.29 is 14.3 Å². The summed E-state index contributed by atoms with van der Waals surface area (Å²) in [5, 5.41) is 5.26. The second-order valence-electron chi connectivity index (χ2n) is 6.27. The van der Waals surface area contributed by atoms with Crippen LogP contribution in [-0.4, -0.2) is 30.5 Å². The fraction of sp³-hybridized carbons (Fsp3) is 0.190. The van der Waals surface area contributed by atoms with Gasteiger partial charge in [-0.3, -0.25) is 4.79 Å². The zero-order valence-electron chi connectivity index (χ0n) is 14.8. The fourth-order valence-electron chi connectivity index (χ4n) is 3.33. The Morgan fingerprint density at radius 1 is 1.22 bits per heavy atom. The van der Waals surface area contributed by atoms with Crippen LogP contribution < -0.4 is 5.32 Å². The molecule has 3 aromatic rings. The lowest BCUT2D eigenvalue weighted by atomic mass is 10.0. The van der Waals surface area contributed by atoms with Crippen LogP contribution in [0.25, 0.3) is 22.6 Å². The molecule has 5 nitrogen and oxygen atoms in total. The Morgan fingerprint density at radius 3 is 2.85 bits per heavy atom. The van der Waals surface area contributed by atoms with E-state index in [0.29, 0.717) is 5.56 Å². The number of para-hydroxylation sites is 1. The Morgan fingerprint density at radius 2 is 2.07 bits per heavy atom. The van der Waals surface area contributed by atoms with E-state index >= 15 is 0 Å². The van der Waals surface area contributed by atoms with Crippen LogP contribution in [0, 0.1) is 0 Å². The highest BCUT2D eigenvalue weighted by molar-refractivity contribution is 7.10. The highest BCUT2D eigenvalue weighted by Gasteiger charge is 2.27. The largest absolute Gasteiger partial charge is 0.452 e. The quantitative estimate of drug-likeness (QED) is 0.703. The number of hydrogen-bond donors (Lipinski definition) is 1. The van der Waals surface area contributed by atoms with Crippen molar-refractivity contribution in [3.63, 3.8) is 0 Å². The summed E-state index contributed by atoms with van der Waals surface area (Å²) in [7, 11) is 1.51. The standard InChI is InChI=1S/C21H18N2O3S/c1-22-18(24)12-26-21(25)19-15-6-2-3-7-17(15)23-20-13(8-9-16(19)20)11-14-5-4-10-27-14/h2-7,10-11H,8-9,12H2,1H3,(H,22,24)/b13-11+. The number of aromatic nitrogens is 1. The van der Waals surface area contributed by atoms with Crippen LogP contribution in [0.4, 0.5) is 0 Å². The number of fused-ring (bicyclic) bond motifs is 2. The number of carbonyl (C=O) groups is 2. The molecule has 136 valence electrons. The third-order valence-electron chi connectivity index (χ3n) is 4.62. The van der Waals surface area contributed by atoms with Gasteiger partial charge < -0.3 is 10.1 Å². The van der Waals surface area contributed by atoms with Crippen LogP contribution in [0.1, 0.15) is 32.9 Å². The molecule has 0 bridgehead atoms. The monoisotopic (exact) mass is 378 g/mol. The zero-order valence-corrected chi connectivity index (χ0v) is 15.6. The first-order valence-corrected chi connectivity index (χ1v) is 9.59. The molecule has 0 radical (unpaired) electrons. The predicted molar refractivity (Wildman–Crippen MR) is 107 cm³/mol. The number of benzene rings is 1. The average Bonchev–Trinajstić information content (AvgIpc) is 3.34. The van der Waals surface area contributed by atoms with Crippen molar-refractivity contribution in [2.75, 3.05) is 13.7 Å².